The van der Waals surface area contributed by atoms with Crippen LogP contribution in [-0.2, 0) is 11.2 Å². The van der Waals surface area contributed by atoms with Gasteiger partial charge in [-0.2, -0.15) is 0 Å². The highest BCUT2D eigenvalue weighted by Gasteiger charge is 2.14. The van der Waals surface area contributed by atoms with Crippen LogP contribution >= 0.6 is 15.9 Å². The van der Waals surface area contributed by atoms with Crippen molar-refractivity contribution >= 4 is 32.6 Å². The molecule has 2 aromatic heterocycles. The summed E-state index contributed by atoms with van der Waals surface area (Å²) in [6, 6.07) is 24.8. The molecule has 0 saturated heterocycles. The van der Waals surface area contributed by atoms with Crippen LogP contribution < -0.4 is 4.74 Å². The molecule has 0 radical (unpaired) electrons. The highest BCUT2D eigenvalue weighted by Crippen LogP contribution is 2.32. The number of Topliss-reactive ketones (excluding diaryl/α,β-unsaturated/α-hetero) is 1. The van der Waals surface area contributed by atoms with Crippen molar-refractivity contribution in [3.05, 3.63) is 95.4 Å². The maximum Gasteiger partial charge on any atom is 0.177 e. The van der Waals surface area contributed by atoms with Gasteiger partial charge in [-0.3, -0.25) is 4.79 Å². The molecule has 0 amide bonds. The molecule has 0 aliphatic rings. The molecular weight excluding hydrogens is 482 g/mol. The van der Waals surface area contributed by atoms with E-state index < -0.39 is 0 Å². The molecular formula is C26H18BrN3O3. The summed E-state index contributed by atoms with van der Waals surface area (Å²) < 4.78 is 12.1. The topological polar surface area (TPSA) is 78.1 Å². The molecule has 0 aliphatic carbocycles. The van der Waals surface area contributed by atoms with Gasteiger partial charge in [0.15, 0.2) is 11.5 Å². The lowest BCUT2D eigenvalue weighted by atomic mass is 10.0. The highest BCUT2D eigenvalue weighted by molar-refractivity contribution is 9.10. The van der Waals surface area contributed by atoms with Gasteiger partial charge < -0.3 is 9.26 Å². The number of halogens is 1. The molecule has 162 valence electrons. The minimum atomic E-state index is -0.0950. The number of carbonyl (C=O) groups is 1. The molecule has 0 bridgehead atoms. The zero-order chi connectivity index (χ0) is 22.6. The summed E-state index contributed by atoms with van der Waals surface area (Å²) in [6.07, 6.45) is 1.76. The van der Waals surface area contributed by atoms with E-state index >= 15 is 0 Å². The quantitative estimate of drug-likeness (QED) is 0.277. The van der Waals surface area contributed by atoms with Crippen LogP contribution in [0.3, 0.4) is 0 Å². The fourth-order valence-corrected chi connectivity index (χ4v) is 3.89. The summed E-state index contributed by atoms with van der Waals surface area (Å²) in [5.41, 5.74) is 3.30. The number of para-hydroxylation sites is 1. The zero-order valence-corrected chi connectivity index (χ0v) is 19.0. The molecule has 3 aromatic carbocycles. The Morgan fingerprint density at radius 2 is 1.82 bits per heavy atom. The van der Waals surface area contributed by atoms with Crippen LogP contribution in [0.2, 0.25) is 0 Å². The monoisotopic (exact) mass is 499 g/mol. The zero-order valence-electron chi connectivity index (χ0n) is 17.4. The van der Waals surface area contributed by atoms with Gasteiger partial charge in [-0.25, -0.2) is 9.97 Å². The summed E-state index contributed by atoms with van der Waals surface area (Å²) in [4.78, 5) is 21.2. The number of ketones is 1. The molecule has 2 heterocycles. The molecule has 0 N–H and O–H groups in total. The molecule has 0 atom stereocenters. The Morgan fingerprint density at radius 3 is 2.67 bits per heavy atom. The SMILES string of the molecule is O=C(COc1ccccc1)Cc1nccc(-c2ccc3noc(-c4cccc(Br)c4)c3c2)n1. The highest BCUT2D eigenvalue weighted by atomic mass is 79.9. The van der Waals surface area contributed by atoms with E-state index in [2.05, 4.69) is 31.1 Å². The Hall–Kier alpha value is -3.84. The second-order valence-electron chi connectivity index (χ2n) is 7.43. The largest absolute Gasteiger partial charge is 0.486 e. The molecule has 5 aromatic rings. The smallest absolute Gasteiger partial charge is 0.177 e. The van der Waals surface area contributed by atoms with Crippen LogP contribution in [-0.4, -0.2) is 27.5 Å². The Kier molecular flexibility index (Phi) is 5.95. The van der Waals surface area contributed by atoms with Crippen molar-refractivity contribution in [2.24, 2.45) is 0 Å². The van der Waals surface area contributed by atoms with Crippen molar-refractivity contribution in [3.8, 4) is 28.3 Å². The van der Waals surface area contributed by atoms with Crippen molar-refractivity contribution in [2.45, 2.75) is 6.42 Å². The number of hydrogen-bond donors (Lipinski definition) is 0. The first-order valence-electron chi connectivity index (χ1n) is 10.3. The molecule has 7 heteroatoms. The summed E-state index contributed by atoms with van der Waals surface area (Å²) in [6.45, 7) is -0.0275. The van der Waals surface area contributed by atoms with Gasteiger partial charge in [-0.05, 0) is 42.5 Å². The fraction of sp³-hybridized carbons (Fsp3) is 0.0769. The van der Waals surface area contributed by atoms with Crippen LogP contribution in [0.25, 0.3) is 33.5 Å². The molecule has 0 unspecified atom stereocenters. The Balaban J connectivity index is 1.37. The number of ether oxygens (including phenoxy) is 1. The van der Waals surface area contributed by atoms with Gasteiger partial charge in [0.2, 0.25) is 0 Å². The standard InChI is InChI=1S/C26H18BrN3O3/c27-19-6-4-5-18(13-19)26-22-14-17(9-10-24(22)30-33-26)23-11-12-28-25(29-23)15-20(31)16-32-21-7-2-1-3-8-21/h1-14H,15-16H2. The number of aromatic nitrogens is 3. The number of rotatable bonds is 7. The number of hydrogen-bond acceptors (Lipinski definition) is 6. The minimum Gasteiger partial charge on any atom is -0.486 e. The summed E-state index contributed by atoms with van der Waals surface area (Å²) >= 11 is 3.50. The predicted molar refractivity (Wildman–Crippen MR) is 129 cm³/mol. The van der Waals surface area contributed by atoms with E-state index in [-0.39, 0.29) is 18.8 Å². The number of benzene rings is 3. The van der Waals surface area contributed by atoms with Crippen molar-refractivity contribution in [3.63, 3.8) is 0 Å². The van der Waals surface area contributed by atoms with E-state index in [0.717, 1.165) is 32.2 Å². The molecule has 0 spiro atoms. The third-order valence-electron chi connectivity index (χ3n) is 5.06. The first-order valence-corrected chi connectivity index (χ1v) is 11.1. The molecule has 0 saturated carbocycles. The van der Waals surface area contributed by atoms with E-state index in [1.165, 1.54) is 0 Å². The van der Waals surface area contributed by atoms with E-state index in [1.54, 1.807) is 6.20 Å². The van der Waals surface area contributed by atoms with Gasteiger partial charge in [0, 0.05) is 21.8 Å². The van der Waals surface area contributed by atoms with E-state index in [1.807, 2.05) is 78.9 Å². The molecule has 0 aliphatic heterocycles. The van der Waals surface area contributed by atoms with Crippen LogP contribution in [0.5, 0.6) is 5.75 Å². The van der Waals surface area contributed by atoms with Crippen LogP contribution in [0.15, 0.2) is 94.1 Å². The first-order chi connectivity index (χ1) is 16.2. The van der Waals surface area contributed by atoms with Crippen molar-refractivity contribution in [1.82, 2.24) is 15.1 Å². The van der Waals surface area contributed by atoms with Gasteiger partial charge in [0.1, 0.15) is 23.7 Å². The minimum absolute atomic E-state index is 0.0275. The Labute approximate surface area is 198 Å². The molecule has 33 heavy (non-hydrogen) atoms. The van der Waals surface area contributed by atoms with Crippen LogP contribution in [0, 0.1) is 0 Å². The number of carbonyl (C=O) groups excluding carboxylic acids is 1. The number of nitrogens with zero attached hydrogens (tertiary/aromatic N) is 3. The van der Waals surface area contributed by atoms with Gasteiger partial charge in [0.25, 0.3) is 0 Å². The average Bonchev–Trinajstić information content (AvgIpc) is 3.27. The second-order valence-corrected chi connectivity index (χ2v) is 8.34. The lowest BCUT2D eigenvalue weighted by molar-refractivity contribution is -0.120. The third-order valence-corrected chi connectivity index (χ3v) is 5.56. The molecule has 5 rings (SSSR count). The van der Waals surface area contributed by atoms with Gasteiger partial charge in [-0.1, -0.05) is 57.5 Å². The Morgan fingerprint density at radius 1 is 0.939 bits per heavy atom. The second kappa shape index (κ2) is 9.34. The lowest BCUT2D eigenvalue weighted by Crippen LogP contribution is -2.15. The van der Waals surface area contributed by atoms with Crippen LogP contribution in [0.1, 0.15) is 5.82 Å². The molecule has 0 fully saturated rings. The van der Waals surface area contributed by atoms with Crippen LogP contribution in [0.4, 0.5) is 0 Å². The van der Waals surface area contributed by atoms with Crippen molar-refractivity contribution in [2.75, 3.05) is 6.61 Å². The van der Waals surface area contributed by atoms with E-state index in [9.17, 15) is 4.79 Å². The maximum absolute atomic E-state index is 12.4. The third kappa shape index (κ3) is 4.83. The lowest BCUT2D eigenvalue weighted by Gasteiger charge is -2.06. The normalized spacial score (nSPS) is 10.9. The maximum atomic E-state index is 12.4. The molecule has 6 nitrogen and oxygen atoms in total. The van der Waals surface area contributed by atoms with Gasteiger partial charge in [-0.15, -0.1) is 0 Å². The van der Waals surface area contributed by atoms with Gasteiger partial charge in [0.05, 0.1) is 17.5 Å². The van der Waals surface area contributed by atoms with E-state index in [0.29, 0.717) is 17.3 Å². The van der Waals surface area contributed by atoms with Gasteiger partial charge >= 0.3 is 0 Å². The number of fused-ring (bicyclic) bond motifs is 1. The summed E-state index contributed by atoms with van der Waals surface area (Å²) in [5, 5.41) is 5.07. The van der Waals surface area contributed by atoms with Crippen molar-refractivity contribution in [1.29, 1.82) is 0 Å². The van der Waals surface area contributed by atoms with Crippen molar-refractivity contribution < 1.29 is 14.1 Å². The fourth-order valence-electron chi connectivity index (χ4n) is 3.49. The average molecular weight is 500 g/mol. The Bertz CT molecular complexity index is 1430. The summed E-state index contributed by atoms with van der Waals surface area (Å²) in [5.74, 6) is 1.70. The summed E-state index contributed by atoms with van der Waals surface area (Å²) in [7, 11) is 0. The van der Waals surface area contributed by atoms with E-state index in [4.69, 9.17) is 9.26 Å². The predicted octanol–water partition coefficient (Wildman–Crippen LogP) is 5.90. The first kappa shape index (κ1) is 21.0.